The predicted molar refractivity (Wildman–Crippen MR) is 69.4 cm³/mol. The molecule has 1 amide bonds. The Kier molecular flexibility index (Phi) is 6.11. The van der Waals surface area contributed by atoms with Gasteiger partial charge in [-0.15, -0.1) is 0 Å². The van der Waals surface area contributed by atoms with E-state index >= 15 is 0 Å². The van der Waals surface area contributed by atoms with E-state index in [0.717, 1.165) is 17.4 Å². The second kappa shape index (κ2) is 7.41. The molecule has 0 aromatic heterocycles. The highest BCUT2D eigenvalue weighted by molar-refractivity contribution is 9.10. The molecular formula is C12H17BrN2O. The first-order valence-electron chi connectivity index (χ1n) is 5.45. The highest BCUT2D eigenvalue weighted by Crippen LogP contribution is 2.15. The van der Waals surface area contributed by atoms with E-state index in [1.807, 2.05) is 25.1 Å². The lowest BCUT2D eigenvalue weighted by molar-refractivity contribution is -0.120. The van der Waals surface area contributed by atoms with Crippen LogP contribution in [0.25, 0.3) is 0 Å². The van der Waals surface area contributed by atoms with Crippen molar-refractivity contribution in [2.75, 3.05) is 19.6 Å². The van der Waals surface area contributed by atoms with Gasteiger partial charge in [0.1, 0.15) is 0 Å². The van der Waals surface area contributed by atoms with Crippen molar-refractivity contribution < 1.29 is 4.79 Å². The minimum Gasteiger partial charge on any atom is -0.355 e. The Balaban J connectivity index is 2.25. The maximum atomic E-state index is 11.3. The molecule has 2 N–H and O–H groups in total. The Labute approximate surface area is 105 Å². The molecule has 0 atom stereocenters. The lowest BCUT2D eigenvalue weighted by Crippen LogP contribution is -2.34. The summed E-state index contributed by atoms with van der Waals surface area (Å²) >= 11 is 3.48. The molecule has 4 heteroatoms. The zero-order valence-electron chi connectivity index (χ0n) is 9.42. The fourth-order valence-corrected chi connectivity index (χ4v) is 1.82. The predicted octanol–water partition coefficient (Wildman–Crippen LogP) is 1.72. The van der Waals surface area contributed by atoms with Gasteiger partial charge in [0.2, 0.25) is 5.91 Å². The number of benzene rings is 1. The van der Waals surface area contributed by atoms with E-state index < -0.39 is 0 Å². The molecule has 88 valence electrons. The number of hydrogen-bond acceptors (Lipinski definition) is 2. The van der Waals surface area contributed by atoms with Crippen molar-refractivity contribution in [3.63, 3.8) is 0 Å². The minimum absolute atomic E-state index is 0.0499. The lowest BCUT2D eigenvalue weighted by Gasteiger charge is -2.06. The molecule has 1 aromatic rings. The smallest absolute Gasteiger partial charge is 0.233 e. The lowest BCUT2D eigenvalue weighted by atomic mass is 10.1. The van der Waals surface area contributed by atoms with Gasteiger partial charge in [0.25, 0.3) is 0 Å². The maximum absolute atomic E-state index is 11.3. The van der Waals surface area contributed by atoms with Gasteiger partial charge in [0.05, 0.1) is 6.54 Å². The zero-order valence-corrected chi connectivity index (χ0v) is 11.0. The molecule has 0 saturated carbocycles. The fourth-order valence-electron chi connectivity index (χ4n) is 1.34. The second-order valence-electron chi connectivity index (χ2n) is 3.47. The van der Waals surface area contributed by atoms with Gasteiger partial charge in [-0.25, -0.2) is 0 Å². The monoisotopic (exact) mass is 284 g/mol. The number of rotatable bonds is 6. The molecule has 0 unspecified atom stereocenters. The van der Waals surface area contributed by atoms with Crippen molar-refractivity contribution in [3.05, 3.63) is 34.3 Å². The molecule has 0 aliphatic rings. The quantitative estimate of drug-likeness (QED) is 0.835. The topological polar surface area (TPSA) is 41.1 Å². The van der Waals surface area contributed by atoms with E-state index in [0.29, 0.717) is 13.1 Å². The van der Waals surface area contributed by atoms with Crippen LogP contribution in [-0.2, 0) is 11.2 Å². The van der Waals surface area contributed by atoms with Crippen LogP contribution in [0.2, 0.25) is 0 Å². The first-order chi connectivity index (χ1) is 7.74. The van der Waals surface area contributed by atoms with E-state index in [1.54, 1.807) is 0 Å². The number of carbonyl (C=O) groups is 1. The summed E-state index contributed by atoms with van der Waals surface area (Å²) in [6.45, 7) is 3.87. The Morgan fingerprint density at radius 3 is 2.81 bits per heavy atom. The van der Waals surface area contributed by atoms with Gasteiger partial charge in [-0.1, -0.05) is 41.1 Å². The van der Waals surface area contributed by atoms with Crippen molar-refractivity contribution in [2.45, 2.75) is 13.3 Å². The average molecular weight is 285 g/mol. The van der Waals surface area contributed by atoms with Crippen molar-refractivity contribution in [1.82, 2.24) is 10.6 Å². The van der Waals surface area contributed by atoms with Crippen LogP contribution >= 0.6 is 15.9 Å². The first-order valence-corrected chi connectivity index (χ1v) is 6.24. The van der Waals surface area contributed by atoms with Gasteiger partial charge in [-0.3, -0.25) is 4.79 Å². The molecule has 1 aromatic carbocycles. The summed E-state index contributed by atoms with van der Waals surface area (Å²) in [5.74, 6) is 0.0499. The first kappa shape index (κ1) is 13.2. The molecule has 3 nitrogen and oxygen atoms in total. The van der Waals surface area contributed by atoms with Gasteiger partial charge in [-0.2, -0.15) is 0 Å². The van der Waals surface area contributed by atoms with Crippen LogP contribution in [0.3, 0.4) is 0 Å². The van der Waals surface area contributed by atoms with E-state index in [4.69, 9.17) is 0 Å². The highest BCUT2D eigenvalue weighted by Gasteiger charge is 2.01. The number of carbonyl (C=O) groups excluding carboxylic acids is 1. The molecule has 0 spiro atoms. The summed E-state index contributed by atoms with van der Waals surface area (Å²) in [7, 11) is 0. The minimum atomic E-state index is 0.0499. The van der Waals surface area contributed by atoms with Gasteiger partial charge in [-0.05, 0) is 24.6 Å². The zero-order chi connectivity index (χ0) is 11.8. The molecule has 0 fully saturated rings. The third-order valence-corrected chi connectivity index (χ3v) is 2.98. The Morgan fingerprint density at radius 1 is 1.38 bits per heavy atom. The van der Waals surface area contributed by atoms with Crippen LogP contribution < -0.4 is 10.6 Å². The van der Waals surface area contributed by atoms with Crippen LogP contribution in [0.15, 0.2) is 28.7 Å². The molecule has 0 bridgehead atoms. The van der Waals surface area contributed by atoms with Crippen LogP contribution in [-0.4, -0.2) is 25.5 Å². The second-order valence-corrected chi connectivity index (χ2v) is 4.33. The Bertz CT molecular complexity index is 342. The molecule has 0 saturated heterocycles. The summed E-state index contributed by atoms with van der Waals surface area (Å²) in [5.41, 5.74) is 1.21. The summed E-state index contributed by atoms with van der Waals surface area (Å²) in [5, 5.41) is 5.86. The van der Waals surface area contributed by atoms with E-state index in [-0.39, 0.29) is 5.91 Å². The van der Waals surface area contributed by atoms with Gasteiger partial charge in [0.15, 0.2) is 0 Å². The van der Waals surface area contributed by atoms with Crippen molar-refractivity contribution in [2.24, 2.45) is 0 Å². The average Bonchev–Trinajstić information content (AvgIpc) is 2.29. The van der Waals surface area contributed by atoms with Crippen LogP contribution in [0.5, 0.6) is 0 Å². The molecule has 1 rings (SSSR count). The largest absolute Gasteiger partial charge is 0.355 e. The number of nitrogens with one attached hydrogen (secondary N) is 2. The molecule has 16 heavy (non-hydrogen) atoms. The third-order valence-electron chi connectivity index (χ3n) is 2.21. The van der Waals surface area contributed by atoms with E-state index in [9.17, 15) is 4.79 Å². The Hall–Kier alpha value is -0.870. The molecular weight excluding hydrogens is 268 g/mol. The molecule has 0 aliphatic heterocycles. The van der Waals surface area contributed by atoms with E-state index in [1.165, 1.54) is 5.56 Å². The molecule has 0 radical (unpaired) electrons. The van der Waals surface area contributed by atoms with E-state index in [2.05, 4.69) is 32.6 Å². The van der Waals surface area contributed by atoms with Crippen LogP contribution in [0, 0.1) is 0 Å². The van der Waals surface area contributed by atoms with Crippen molar-refractivity contribution >= 4 is 21.8 Å². The summed E-state index contributed by atoms with van der Waals surface area (Å²) < 4.78 is 1.09. The summed E-state index contributed by atoms with van der Waals surface area (Å²) in [6.07, 6.45) is 0.847. The highest BCUT2D eigenvalue weighted by atomic mass is 79.9. The summed E-state index contributed by atoms with van der Waals surface area (Å²) in [4.78, 5) is 11.3. The fraction of sp³-hybridized carbons (Fsp3) is 0.417. The van der Waals surface area contributed by atoms with Crippen molar-refractivity contribution in [3.8, 4) is 0 Å². The number of halogens is 1. The third kappa shape index (κ3) is 4.77. The van der Waals surface area contributed by atoms with Crippen LogP contribution in [0.4, 0.5) is 0 Å². The van der Waals surface area contributed by atoms with Gasteiger partial charge >= 0.3 is 0 Å². The van der Waals surface area contributed by atoms with Crippen molar-refractivity contribution in [1.29, 1.82) is 0 Å². The summed E-state index contributed by atoms with van der Waals surface area (Å²) in [6, 6.07) is 8.05. The molecule has 0 aliphatic carbocycles. The van der Waals surface area contributed by atoms with Crippen LogP contribution in [0.1, 0.15) is 12.5 Å². The maximum Gasteiger partial charge on any atom is 0.233 e. The number of amides is 1. The van der Waals surface area contributed by atoms with Gasteiger partial charge < -0.3 is 10.6 Å². The number of likely N-dealkylation sites (N-methyl/N-ethyl adjacent to an activating group) is 1. The Morgan fingerprint density at radius 2 is 2.12 bits per heavy atom. The standard InChI is InChI=1S/C12H17BrN2O/c1-2-14-9-12(16)15-8-7-10-5-3-4-6-11(10)13/h3-6,14H,2,7-9H2,1H3,(H,15,16). The van der Waals surface area contributed by atoms with Gasteiger partial charge in [0, 0.05) is 11.0 Å². The number of hydrogen-bond donors (Lipinski definition) is 2. The normalized spacial score (nSPS) is 10.1. The SMILES string of the molecule is CCNCC(=O)NCCc1ccccc1Br. The molecule has 0 heterocycles.